The number of hydrogen-bond acceptors (Lipinski definition) is 3. The maximum Gasteiger partial charge on any atom is 0.123 e. The van der Waals surface area contributed by atoms with Crippen LogP contribution in [-0.4, -0.2) is 40.6 Å². The first-order valence-electron chi connectivity index (χ1n) is 7.18. The van der Waals surface area contributed by atoms with Crippen LogP contribution in [-0.2, 0) is 6.42 Å². The molecule has 1 atom stereocenters. The van der Waals surface area contributed by atoms with E-state index in [1.165, 1.54) is 12.1 Å². The second kappa shape index (κ2) is 6.04. The number of nitrogens with zero attached hydrogens (tertiary/aromatic N) is 1. The fraction of sp³-hybridized carbons (Fsp3) is 0.625. The van der Waals surface area contributed by atoms with Gasteiger partial charge in [-0.05, 0) is 44.9 Å². The van der Waals surface area contributed by atoms with Crippen LogP contribution >= 0.6 is 11.8 Å². The van der Waals surface area contributed by atoms with Gasteiger partial charge in [0.05, 0.1) is 0 Å². The number of benzene rings is 1. The molecule has 0 aromatic heterocycles. The molecule has 112 valence electrons. The highest BCUT2D eigenvalue weighted by atomic mass is 32.2. The monoisotopic (exact) mass is 296 g/mol. The van der Waals surface area contributed by atoms with Gasteiger partial charge in [-0.15, -0.1) is 0 Å². The summed E-state index contributed by atoms with van der Waals surface area (Å²) < 4.78 is 13.3. The summed E-state index contributed by atoms with van der Waals surface area (Å²) in [4.78, 5) is 2.51. The first-order chi connectivity index (χ1) is 9.35. The summed E-state index contributed by atoms with van der Waals surface area (Å²) >= 11 is 2.03. The quantitative estimate of drug-likeness (QED) is 0.926. The maximum atomic E-state index is 13.0. The minimum absolute atomic E-state index is 0.0594. The molecule has 0 aliphatic carbocycles. The lowest BCUT2D eigenvalue weighted by molar-refractivity contribution is 0.104. The summed E-state index contributed by atoms with van der Waals surface area (Å²) in [5, 5.41) is 0. The van der Waals surface area contributed by atoms with Gasteiger partial charge in [-0.3, -0.25) is 4.90 Å². The Morgan fingerprint density at radius 1 is 1.35 bits per heavy atom. The Balaban J connectivity index is 2.13. The van der Waals surface area contributed by atoms with Gasteiger partial charge in [-0.2, -0.15) is 11.8 Å². The largest absolute Gasteiger partial charge is 0.329 e. The zero-order chi connectivity index (χ0) is 14.8. The Labute approximate surface area is 125 Å². The van der Waals surface area contributed by atoms with Crippen LogP contribution in [0.15, 0.2) is 24.3 Å². The van der Waals surface area contributed by atoms with Crippen LogP contribution in [0.25, 0.3) is 0 Å². The van der Waals surface area contributed by atoms with Gasteiger partial charge in [-0.25, -0.2) is 4.39 Å². The van der Waals surface area contributed by atoms with E-state index in [4.69, 9.17) is 5.73 Å². The standard InChI is InChI=1S/C16H25FN2S/c1-15(2)12-19(8-9-20-15)16(3,11-18)10-13-4-6-14(17)7-5-13/h4-7H,8-12,18H2,1-3H3. The molecule has 1 unspecified atom stereocenters. The Hall–Kier alpha value is -0.580. The highest BCUT2D eigenvalue weighted by molar-refractivity contribution is 8.00. The normalized spacial score (nSPS) is 22.4. The summed E-state index contributed by atoms with van der Waals surface area (Å²) in [6.45, 7) is 9.54. The molecular weight excluding hydrogens is 271 g/mol. The number of halogens is 1. The molecule has 1 aliphatic heterocycles. The van der Waals surface area contributed by atoms with E-state index in [2.05, 4.69) is 25.7 Å². The molecule has 20 heavy (non-hydrogen) atoms. The van der Waals surface area contributed by atoms with Crippen molar-refractivity contribution in [1.82, 2.24) is 4.90 Å². The van der Waals surface area contributed by atoms with Gasteiger partial charge in [0.1, 0.15) is 5.82 Å². The molecule has 0 spiro atoms. The van der Waals surface area contributed by atoms with Gasteiger partial charge in [0, 0.05) is 35.7 Å². The zero-order valence-electron chi connectivity index (χ0n) is 12.7. The van der Waals surface area contributed by atoms with E-state index in [-0.39, 0.29) is 16.1 Å². The molecule has 0 bridgehead atoms. The van der Waals surface area contributed by atoms with E-state index in [0.29, 0.717) is 6.54 Å². The third-order valence-electron chi connectivity index (χ3n) is 4.13. The Bertz CT molecular complexity index is 446. The fourth-order valence-electron chi connectivity index (χ4n) is 2.83. The molecule has 2 nitrogen and oxygen atoms in total. The Morgan fingerprint density at radius 2 is 2.00 bits per heavy atom. The van der Waals surface area contributed by atoms with E-state index in [1.807, 2.05) is 23.9 Å². The van der Waals surface area contributed by atoms with Crippen LogP contribution in [0.1, 0.15) is 26.3 Å². The van der Waals surface area contributed by atoms with Crippen LogP contribution in [0.2, 0.25) is 0 Å². The van der Waals surface area contributed by atoms with Crippen molar-refractivity contribution in [2.24, 2.45) is 5.73 Å². The van der Waals surface area contributed by atoms with Gasteiger partial charge in [0.15, 0.2) is 0 Å². The van der Waals surface area contributed by atoms with Crippen LogP contribution < -0.4 is 5.73 Å². The highest BCUT2D eigenvalue weighted by Gasteiger charge is 2.37. The summed E-state index contributed by atoms with van der Waals surface area (Å²) in [6, 6.07) is 6.80. The predicted molar refractivity (Wildman–Crippen MR) is 85.7 cm³/mol. The van der Waals surface area contributed by atoms with Crippen molar-refractivity contribution in [2.75, 3.05) is 25.4 Å². The molecule has 1 aromatic rings. The summed E-state index contributed by atoms with van der Waals surface area (Å²) in [5.41, 5.74) is 7.17. The van der Waals surface area contributed by atoms with Gasteiger partial charge < -0.3 is 5.73 Å². The summed E-state index contributed by atoms with van der Waals surface area (Å²) in [5.74, 6) is 0.963. The summed E-state index contributed by atoms with van der Waals surface area (Å²) in [7, 11) is 0. The van der Waals surface area contributed by atoms with Crippen LogP contribution in [0.5, 0.6) is 0 Å². The van der Waals surface area contributed by atoms with E-state index in [9.17, 15) is 4.39 Å². The molecule has 1 aromatic carbocycles. The molecule has 4 heteroatoms. The van der Waals surface area contributed by atoms with E-state index in [0.717, 1.165) is 30.8 Å². The van der Waals surface area contributed by atoms with Crippen molar-refractivity contribution in [1.29, 1.82) is 0 Å². The average molecular weight is 296 g/mol. The molecule has 2 rings (SSSR count). The summed E-state index contributed by atoms with van der Waals surface area (Å²) in [6.07, 6.45) is 0.866. The molecule has 0 amide bonds. The molecule has 2 N–H and O–H groups in total. The second-order valence-electron chi connectivity index (χ2n) is 6.53. The lowest BCUT2D eigenvalue weighted by Gasteiger charge is -2.47. The lowest BCUT2D eigenvalue weighted by Crippen LogP contribution is -2.59. The lowest BCUT2D eigenvalue weighted by atomic mass is 9.89. The molecule has 1 fully saturated rings. The van der Waals surface area contributed by atoms with Crippen molar-refractivity contribution in [2.45, 2.75) is 37.5 Å². The van der Waals surface area contributed by atoms with Gasteiger partial charge in [0.2, 0.25) is 0 Å². The maximum absolute atomic E-state index is 13.0. The zero-order valence-corrected chi connectivity index (χ0v) is 13.5. The fourth-order valence-corrected chi connectivity index (χ4v) is 3.94. The van der Waals surface area contributed by atoms with Gasteiger partial charge in [-0.1, -0.05) is 12.1 Å². The molecule has 0 saturated carbocycles. The minimum atomic E-state index is -0.182. The van der Waals surface area contributed by atoms with Crippen molar-refractivity contribution < 1.29 is 4.39 Å². The van der Waals surface area contributed by atoms with Gasteiger partial charge in [0.25, 0.3) is 0 Å². The topological polar surface area (TPSA) is 29.3 Å². The smallest absolute Gasteiger partial charge is 0.123 e. The molecule has 1 heterocycles. The third-order valence-corrected chi connectivity index (χ3v) is 5.42. The average Bonchev–Trinajstić information content (AvgIpc) is 2.40. The molecule has 0 radical (unpaired) electrons. The van der Waals surface area contributed by atoms with Crippen molar-refractivity contribution in [3.8, 4) is 0 Å². The Kier molecular flexibility index (Phi) is 4.77. The molecule has 1 aliphatic rings. The second-order valence-corrected chi connectivity index (χ2v) is 8.34. The van der Waals surface area contributed by atoms with Gasteiger partial charge >= 0.3 is 0 Å². The predicted octanol–water partition coefficient (Wildman–Crippen LogP) is 2.91. The van der Waals surface area contributed by atoms with Crippen molar-refractivity contribution in [3.05, 3.63) is 35.6 Å². The van der Waals surface area contributed by atoms with E-state index < -0.39 is 0 Å². The van der Waals surface area contributed by atoms with Crippen LogP contribution in [0.4, 0.5) is 4.39 Å². The first kappa shape index (κ1) is 15.8. The minimum Gasteiger partial charge on any atom is -0.329 e. The molecule has 1 saturated heterocycles. The SMILES string of the molecule is CC1(C)CN(C(C)(CN)Cc2ccc(F)cc2)CCS1. The van der Waals surface area contributed by atoms with Crippen LogP contribution in [0.3, 0.4) is 0 Å². The van der Waals surface area contributed by atoms with Crippen molar-refractivity contribution in [3.63, 3.8) is 0 Å². The van der Waals surface area contributed by atoms with Crippen LogP contribution in [0, 0.1) is 5.82 Å². The molecular formula is C16H25FN2S. The van der Waals surface area contributed by atoms with E-state index in [1.54, 1.807) is 0 Å². The number of hydrogen-bond donors (Lipinski definition) is 1. The van der Waals surface area contributed by atoms with E-state index >= 15 is 0 Å². The van der Waals surface area contributed by atoms with Crippen molar-refractivity contribution >= 4 is 11.8 Å². The number of rotatable bonds is 4. The number of thioether (sulfide) groups is 1. The number of nitrogens with two attached hydrogens (primary N) is 1. The highest BCUT2D eigenvalue weighted by Crippen LogP contribution is 2.34. The first-order valence-corrected chi connectivity index (χ1v) is 8.17. The Morgan fingerprint density at radius 3 is 2.55 bits per heavy atom. The third kappa shape index (κ3) is 3.74.